The van der Waals surface area contributed by atoms with E-state index in [9.17, 15) is 4.79 Å². The van der Waals surface area contributed by atoms with Crippen molar-refractivity contribution in [3.8, 4) is 0 Å². The van der Waals surface area contributed by atoms with Gasteiger partial charge in [-0.3, -0.25) is 4.79 Å². The minimum atomic E-state index is 0.0181. The van der Waals surface area contributed by atoms with Crippen LogP contribution in [0.2, 0.25) is 0 Å². The van der Waals surface area contributed by atoms with Gasteiger partial charge in [-0.2, -0.15) is 0 Å². The zero-order valence-electron chi connectivity index (χ0n) is 10.3. The summed E-state index contributed by atoms with van der Waals surface area (Å²) in [5.74, 6) is 0.0181. The molecule has 2 rings (SSSR count). The van der Waals surface area contributed by atoms with Crippen molar-refractivity contribution in [2.24, 2.45) is 0 Å². The Morgan fingerprint density at radius 3 is 2.61 bits per heavy atom. The van der Waals surface area contributed by atoms with Crippen LogP contribution in [0.5, 0.6) is 0 Å². The molecule has 0 fully saturated rings. The van der Waals surface area contributed by atoms with Crippen LogP contribution in [0.25, 0.3) is 0 Å². The molecular formula is C14H16N2OS. The molecule has 94 valence electrons. The summed E-state index contributed by atoms with van der Waals surface area (Å²) in [7, 11) is 0. The number of carbonyl (C=O) groups is 1. The first kappa shape index (κ1) is 12.8. The van der Waals surface area contributed by atoms with Gasteiger partial charge in [-0.1, -0.05) is 31.2 Å². The van der Waals surface area contributed by atoms with E-state index in [0.29, 0.717) is 11.6 Å². The molecule has 2 aromatic rings. The second kappa shape index (κ2) is 6.31. The summed E-state index contributed by atoms with van der Waals surface area (Å²) >= 11 is 1.43. The third-order valence-electron chi connectivity index (χ3n) is 2.75. The van der Waals surface area contributed by atoms with Gasteiger partial charge in [-0.15, -0.1) is 11.3 Å². The highest BCUT2D eigenvalue weighted by Crippen LogP contribution is 2.12. The van der Waals surface area contributed by atoms with Crippen molar-refractivity contribution in [1.82, 2.24) is 4.98 Å². The van der Waals surface area contributed by atoms with E-state index in [1.807, 2.05) is 5.38 Å². The number of thiazole rings is 1. The second-order valence-electron chi connectivity index (χ2n) is 4.06. The summed E-state index contributed by atoms with van der Waals surface area (Å²) < 4.78 is 0. The van der Waals surface area contributed by atoms with E-state index in [1.165, 1.54) is 22.5 Å². The standard InChI is InChI=1S/C14H16N2OS/c1-2-11-3-5-12(6-4-11)7-8-13(17)16-14-15-9-10-18-14/h3-6,9-10H,2,7-8H2,1H3,(H,15,16,17). The van der Waals surface area contributed by atoms with E-state index in [4.69, 9.17) is 0 Å². The van der Waals surface area contributed by atoms with Crippen molar-refractivity contribution in [1.29, 1.82) is 0 Å². The monoisotopic (exact) mass is 260 g/mol. The zero-order valence-corrected chi connectivity index (χ0v) is 11.2. The molecule has 0 atom stereocenters. The van der Waals surface area contributed by atoms with Crippen LogP contribution in [-0.4, -0.2) is 10.9 Å². The van der Waals surface area contributed by atoms with Crippen LogP contribution >= 0.6 is 11.3 Å². The summed E-state index contributed by atoms with van der Waals surface area (Å²) in [5, 5.41) is 5.30. The maximum absolute atomic E-state index is 11.7. The van der Waals surface area contributed by atoms with E-state index in [2.05, 4.69) is 41.5 Å². The van der Waals surface area contributed by atoms with E-state index in [1.54, 1.807) is 6.20 Å². The summed E-state index contributed by atoms with van der Waals surface area (Å²) in [5.41, 5.74) is 2.52. The van der Waals surface area contributed by atoms with Crippen LogP contribution < -0.4 is 5.32 Å². The van der Waals surface area contributed by atoms with Gasteiger partial charge in [0.25, 0.3) is 0 Å². The number of rotatable bonds is 5. The molecule has 3 nitrogen and oxygen atoms in total. The SMILES string of the molecule is CCc1ccc(CCC(=O)Nc2nccs2)cc1. The molecule has 1 aromatic heterocycles. The van der Waals surface area contributed by atoms with Crippen LogP contribution in [-0.2, 0) is 17.6 Å². The fourth-order valence-corrected chi connectivity index (χ4v) is 2.21. The number of carbonyl (C=O) groups excluding carboxylic acids is 1. The molecular weight excluding hydrogens is 244 g/mol. The van der Waals surface area contributed by atoms with E-state index >= 15 is 0 Å². The normalized spacial score (nSPS) is 10.3. The van der Waals surface area contributed by atoms with Gasteiger partial charge >= 0.3 is 0 Å². The lowest BCUT2D eigenvalue weighted by atomic mass is 10.1. The Morgan fingerprint density at radius 1 is 1.28 bits per heavy atom. The third-order valence-corrected chi connectivity index (χ3v) is 3.44. The largest absolute Gasteiger partial charge is 0.302 e. The molecule has 0 saturated carbocycles. The number of amides is 1. The number of nitrogens with one attached hydrogen (secondary N) is 1. The van der Waals surface area contributed by atoms with Crippen LogP contribution in [0.3, 0.4) is 0 Å². The number of anilines is 1. The van der Waals surface area contributed by atoms with Crippen LogP contribution in [0.15, 0.2) is 35.8 Å². The molecule has 0 spiro atoms. The third kappa shape index (κ3) is 3.67. The van der Waals surface area contributed by atoms with Crippen molar-refractivity contribution in [3.63, 3.8) is 0 Å². The van der Waals surface area contributed by atoms with Gasteiger partial charge in [-0.05, 0) is 24.0 Å². The average Bonchev–Trinajstić information content (AvgIpc) is 2.90. The summed E-state index contributed by atoms with van der Waals surface area (Å²) in [6, 6.07) is 8.42. The molecule has 0 radical (unpaired) electrons. The van der Waals surface area contributed by atoms with Crippen molar-refractivity contribution in [3.05, 3.63) is 47.0 Å². The average molecular weight is 260 g/mol. The van der Waals surface area contributed by atoms with E-state index < -0.39 is 0 Å². The number of nitrogens with zero attached hydrogens (tertiary/aromatic N) is 1. The predicted molar refractivity (Wildman–Crippen MR) is 74.9 cm³/mol. The molecule has 4 heteroatoms. The Bertz CT molecular complexity index is 491. The van der Waals surface area contributed by atoms with Gasteiger partial charge in [0.2, 0.25) is 5.91 Å². The Balaban J connectivity index is 1.81. The Morgan fingerprint density at radius 2 is 2.00 bits per heavy atom. The Kier molecular flexibility index (Phi) is 4.47. The van der Waals surface area contributed by atoms with Gasteiger partial charge in [0.15, 0.2) is 5.13 Å². The first-order valence-electron chi connectivity index (χ1n) is 6.05. The lowest BCUT2D eigenvalue weighted by Crippen LogP contribution is -2.11. The quantitative estimate of drug-likeness (QED) is 0.896. The minimum absolute atomic E-state index is 0.0181. The smallest absolute Gasteiger partial charge is 0.226 e. The summed E-state index contributed by atoms with van der Waals surface area (Å²) in [6.45, 7) is 2.14. The number of hydrogen-bond donors (Lipinski definition) is 1. The number of hydrogen-bond acceptors (Lipinski definition) is 3. The highest BCUT2D eigenvalue weighted by molar-refractivity contribution is 7.13. The maximum Gasteiger partial charge on any atom is 0.226 e. The van der Waals surface area contributed by atoms with Gasteiger partial charge in [-0.25, -0.2) is 4.98 Å². The molecule has 1 N–H and O–H groups in total. The van der Waals surface area contributed by atoms with Crippen LogP contribution in [0.1, 0.15) is 24.5 Å². The minimum Gasteiger partial charge on any atom is -0.302 e. The molecule has 1 aromatic carbocycles. The molecule has 0 aliphatic carbocycles. The Hall–Kier alpha value is -1.68. The highest BCUT2D eigenvalue weighted by Gasteiger charge is 2.04. The van der Waals surface area contributed by atoms with Gasteiger partial charge < -0.3 is 5.32 Å². The van der Waals surface area contributed by atoms with Crippen molar-refractivity contribution in [2.45, 2.75) is 26.2 Å². The van der Waals surface area contributed by atoms with Crippen molar-refractivity contribution in [2.75, 3.05) is 5.32 Å². The van der Waals surface area contributed by atoms with Gasteiger partial charge in [0.05, 0.1) is 0 Å². The second-order valence-corrected chi connectivity index (χ2v) is 4.95. The summed E-state index contributed by atoms with van der Waals surface area (Å²) in [4.78, 5) is 15.7. The van der Waals surface area contributed by atoms with Crippen molar-refractivity contribution >= 4 is 22.4 Å². The molecule has 1 heterocycles. The summed E-state index contributed by atoms with van der Waals surface area (Å²) in [6.07, 6.45) is 3.99. The number of benzene rings is 1. The topological polar surface area (TPSA) is 42.0 Å². The molecule has 0 aliphatic rings. The zero-order chi connectivity index (χ0) is 12.8. The first-order chi connectivity index (χ1) is 8.78. The molecule has 0 aliphatic heterocycles. The molecule has 1 amide bonds. The molecule has 0 bridgehead atoms. The fourth-order valence-electron chi connectivity index (χ4n) is 1.67. The van der Waals surface area contributed by atoms with Crippen molar-refractivity contribution < 1.29 is 4.79 Å². The van der Waals surface area contributed by atoms with Crippen LogP contribution in [0, 0.1) is 0 Å². The highest BCUT2D eigenvalue weighted by atomic mass is 32.1. The first-order valence-corrected chi connectivity index (χ1v) is 6.93. The van der Waals surface area contributed by atoms with Crippen LogP contribution in [0.4, 0.5) is 5.13 Å². The lowest BCUT2D eigenvalue weighted by molar-refractivity contribution is -0.116. The maximum atomic E-state index is 11.7. The lowest BCUT2D eigenvalue weighted by Gasteiger charge is -2.03. The predicted octanol–water partition coefficient (Wildman–Crippen LogP) is 3.28. The van der Waals surface area contributed by atoms with Gasteiger partial charge in [0, 0.05) is 18.0 Å². The van der Waals surface area contributed by atoms with Gasteiger partial charge in [0.1, 0.15) is 0 Å². The molecule has 18 heavy (non-hydrogen) atoms. The van der Waals surface area contributed by atoms with E-state index in [0.717, 1.165) is 12.8 Å². The molecule has 0 unspecified atom stereocenters. The number of aryl methyl sites for hydroxylation is 2. The van der Waals surface area contributed by atoms with E-state index in [-0.39, 0.29) is 5.91 Å². The fraction of sp³-hybridized carbons (Fsp3) is 0.286. The number of aromatic nitrogens is 1. The Labute approximate surface area is 111 Å². The molecule has 0 saturated heterocycles.